The first-order valence-corrected chi connectivity index (χ1v) is 23.7. The third-order valence-electron chi connectivity index (χ3n) is 8.18. The minimum absolute atomic E-state index is 0.0117. The lowest BCUT2D eigenvalue weighted by Gasteiger charge is -2.48. The second-order valence-corrected chi connectivity index (χ2v) is 17.1. The van der Waals surface area contributed by atoms with Crippen LogP contribution in [0.1, 0.15) is 72.6 Å². The molecule has 3 aromatic carbocycles. The molecule has 21 heteroatoms. The molecule has 18 nitrogen and oxygen atoms in total. The molecule has 1 aliphatic carbocycles. The predicted octanol–water partition coefficient (Wildman–Crippen LogP) is 8.38. The molecule has 1 fully saturated rings. The van der Waals surface area contributed by atoms with E-state index in [0.29, 0.717) is 0 Å². The summed E-state index contributed by atoms with van der Waals surface area (Å²) in [5.41, 5.74) is -0.0476. The Morgan fingerprint density at radius 2 is 0.567 bits per heavy atom. The maximum Gasteiger partial charge on any atom is 0.475 e. The van der Waals surface area contributed by atoms with Crippen LogP contribution in [0.5, 0.6) is 0 Å². The standard InChI is InChI=1S/C39H51O18P3/c1-7-46-58(43,47-8-2)55-34-31(52-37(40)28-22-16-13-17-23-28)32(53-38(41)29-24-18-14-19-25-29)35(56-59(44,48-9-3)49-10-4)36(57-60(45,50-11-5)51-12-6)33(34)54-39(42)30-26-20-15-21-27-30/h13-27,31-36H,7-12H2,1-6H3/t31-,32-,33+,34+,35+,36+/m0/s1. The number of phosphoric acid groups is 3. The van der Waals surface area contributed by atoms with Crippen LogP contribution in [0.4, 0.5) is 0 Å². The Labute approximate surface area is 349 Å². The van der Waals surface area contributed by atoms with E-state index in [1.165, 1.54) is 77.9 Å². The van der Waals surface area contributed by atoms with Gasteiger partial charge in [0.2, 0.25) is 0 Å². The maximum absolute atomic E-state index is 14.4. The van der Waals surface area contributed by atoms with Gasteiger partial charge in [0.05, 0.1) is 56.3 Å². The molecule has 0 heterocycles. The van der Waals surface area contributed by atoms with Crippen LogP contribution in [0, 0.1) is 0 Å². The van der Waals surface area contributed by atoms with E-state index in [4.69, 9.17) is 54.9 Å². The van der Waals surface area contributed by atoms with Gasteiger partial charge in [0.25, 0.3) is 0 Å². The van der Waals surface area contributed by atoms with E-state index in [1.807, 2.05) is 0 Å². The molecular formula is C39H51O18P3. The summed E-state index contributed by atoms with van der Waals surface area (Å²) in [5, 5.41) is 0. The summed E-state index contributed by atoms with van der Waals surface area (Å²) in [4.78, 5) is 42.3. The Balaban J connectivity index is 2.11. The van der Waals surface area contributed by atoms with Crippen LogP contribution in [-0.4, -0.2) is 94.2 Å². The van der Waals surface area contributed by atoms with E-state index in [9.17, 15) is 28.1 Å². The average molecular weight is 901 g/mol. The minimum Gasteiger partial charge on any atom is -0.453 e. The Bertz CT molecular complexity index is 1920. The first-order chi connectivity index (χ1) is 28.8. The highest BCUT2D eigenvalue weighted by Crippen LogP contribution is 2.59. The molecule has 0 N–H and O–H groups in total. The number of carbonyl (C=O) groups excluding carboxylic acids is 3. The molecule has 0 bridgehead atoms. The fraction of sp³-hybridized carbons (Fsp3) is 0.462. The van der Waals surface area contributed by atoms with Gasteiger partial charge in [-0.1, -0.05) is 54.6 Å². The highest BCUT2D eigenvalue weighted by atomic mass is 31.2. The molecule has 1 aliphatic rings. The molecule has 0 aromatic heterocycles. The number of phosphoric ester groups is 3. The quantitative estimate of drug-likeness (QED) is 0.0469. The lowest BCUT2D eigenvalue weighted by Crippen LogP contribution is -2.68. The van der Waals surface area contributed by atoms with Gasteiger partial charge in [0.15, 0.2) is 18.3 Å². The molecular weight excluding hydrogens is 849 g/mol. The van der Waals surface area contributed by atoms with Gasteiger partial charge in [0.1, 0.15) is 18.3 Å². The van der Waals surface area contributed by atoms with Crippen LogP contribution in [0.2, 0.25) is 0 Å². The molecule has 0 aliphatic heterocycles. The molecule has 0 amide bonds. The summed E-state index contributed by atoms with van der Waals surface area (Å²) in [5.74, 6) is -3.15. The largest absolute Gasteiger partial charge is 0.475 e. The Hall–Kier alpha value is -3.60. The predicted molar refractivity (Wildman–Crippen MR) is 214 cm³/mol. The van der Waals surface area contributed by atoms with Crippen molar-refractivity contribution in [3.63, 3.8) is 0 Å². The van der Waals surface area contributed by atoms with Crippen molar-refractivity contribution in [2.75, 3.05) is 39.6 Å². The number of hydrogen-bond donors (Lipinski definition) is 0. The van der Waals surface area contributed by atoms with Gasteiger partial charge >= 0.3 is 41.4 Å². The summed E-state index contributed by atoms with van der Waals surface area (Å²) >= 11 is 0. The van der Waals surface area contributed by atoms with Gasteiger partial charge in [0, 0.05) is 0 Å². The van der Waals surface area contributed by atoms with Gasteiger partial charge in [-0.25, -0.2) is 28.1 Å². The van der Waals surface area contributed by atoms with Gasteiger partial charge < -0.3 is 14.2 Å². The first-order valence-electron chi connectivity index (χ1n) is 19.3. The van der Waals surface area contributed by atoms with Crippen molar-refractivity contribution >= 4 is 41.4 Å². The van der Waals surface area contributed by atoms with E-state index in [0.717, 1.165) is 0 Å². The second-order valence-electron chi connectivity index (χ2n) is 12.3. The van der Waals surface area contributed by atoms with E-state index in [-0.39, 0.29) is 56.3 Å². The van der Waals surface area contributed by atoms with Crippen LogP contribution in [-0.2, 0) is 68.6 Å². The summed E-state index contributed by atoms with van der Waals surface area (Å²) in [6.07, 6.45) is -12.4. The van der Waals surface area contributed by atoms with Crippen molar-refractivity contribution in [1.29, 1.82) is 0 Å². The average Bonchev–Trinajstić information content (AvgIpc) is 3.23. The van der Waals surface area contributed by atoms with Crippen LogP contribution in [0.3, 0.4) is 0 Å². The Kier molecular flexibility index (Phi) is 19.3. The van der Waals surface area contributed by atoms with Crippen LogP contribution >= 0.6 is 23.5 Å². The van der Waals surface area contributed by atoms with Gasteiger partial charge in [-0.05, 0) is 77.9 Å². The topological polar surface area (TPSA) is 213 Å². The van der Waals surface area contributed by atoms with Crippen LogP contribution < -0.4 is 0 Å². The summed E-state index contributed by atoms with van der Waals surface area (Å²) < 4.78 is 113. The molecule has 330 valence electrons. The monoisotopic (exact) mass is 900 g/mol. The van der Waals surface area contributed by atoms with Crippen LogP contribution in [0.25, 0.3) is 0 Å². The molecule has 0 spiro atoms. The third kappa shape index (κ3) is 13.4. The lowest BCUT2D eigenvalue weighted by molar-refractivity contribution is -0.215. The normalized spacial score (nSPS) is 20.9. The summed E-state index contributed by atoms with van der Waals surface area (Å²) in [6, 6.07) is 22.7. The van der Waals surface area contributed by atoms with E-state index in [2.05, 4.69) is 0 Å². The SMILES string of the molecule is CCOP(=O)(OCC)O[C@H]1[C@@H](OC(=O)c2ccccc2)[C@@H](OP(=O)(OCC)OCC)[C@H](OP(=O)(OCC)OCC)[C@@H](OC(=O)c2ccccc2)[C@@H]1OC(=O)c1ccccc1. The molecule has 0 radical (unpaired) electrons. The number of rotatable bonds is 24. The number of ether oxygens (including phenoxy) is 3. The van der Waals surface area contributed by atoms with Crippen LogP contribution in [0.15, 0.2) is 91.0 Å². The summed E-state index contributed by atoms with van der Waals surface area (Å²) in [7, 11) is -14.3. The molecule has 6 atom stereocenters. The van der Waals surface area contributed by atoms with E-state index in [1.54, 1.807) is 54.6 Å². The van der Waals surface area contributed by atoms with Gasteiger partial charge in [-0.15, -0.1) is 0 Å². The molecule has 4 rings (SSSR count). The lowest BCUT2D eigenvalue weighted by atomic mass is 9.84. The molecule has 60 heavy (non-hydrogen) atoms. The van der Waals surface area contributed by atoms with E-state index < -0.39 is 78.0 Å². The molecule has 1 saturated carbocycles. The van der Waals surface area contributed by atoms with Crippen molar-refractivity contribution in [3.8, 4) is 0 Å². The highest BCUT2D eigenvalue weighted by Gasteiger charge is 2.63. The maximum atomic E-state index is 14.4. The Morgan fingerprint density at radius 3 is 0.783 bits per heavy atom. The van der Waals surface area contributed by atoms with E-state index >= 15 is 0 Å². The minimum atomic E-state index is -4.77. The number of hydrogen-bond acceptors (Lipinski definition) is 18. The van der Waals surface area contributed by atoms with Crippen molar-refractivity contribution in [2.45, 2.75) is 78.2 Å². The van der Waals surface area contributed by atoms with Crippen molar-refractivity contribution in [2.24, 2.45) is 0 Å². The van der Waals surface area contributed by atoms with Crippen molar-refractivity contribution in [1.82, 2.24) is 0 Å². The molecule has 0 saturated heterocycles. The summed E-state index contributed by atoms with van der Waals surface area (Å²) in [6.45, 7) is 7.53. The zero-order valence-electron chi connectivity index (χ0n) is 34.1. The number of esters is 3. The first kappa shape index (κ1) is 49.1. The van der Waals surface area contributed by atoms with Gasteiger partial charge in [-0.3, -0.25) is 40.7 Å². The zero-order valence-corrected chi connectivity index (χ0v) is 36.7. The Morgan fingerprint density at radius 1 is 0.367 bits per heavy atom. The number of carbonyl (C=O) groups is 3. The second kappa shape index (κ2) is 23.6. The molecule has 0 unspecified atom stereocenters. The van der Waals surface area contributed by atoms with Gasteiger partial charge in [-0.2, -0.15) is 0 Å². The van der Waals surface area contributed by atoms with Crippen molar-refractivity contribution < 1.29 is 83.0 Å². The third-order valence-corrected chi connectivity index (χ3v) is 13.1. The number of benzene rings is 3. The zero-order chi connectivity index (χ0) is 43.8. The molecule has 3 aromatic rings. The smallest absolute Gasteiger partial charge is 0.453 e. The fourth-order valence-corrected chi connectivity index (χ4v) is 9.97. The highest BCUT2D eigenvalue weighted by molar-refractivity contribution is 7.49. The fourth-order valence-electron chi connectivity index (χ4n) is 5.87. The van der Waals surface area contributed by atoms with Crippen molar-refractivity contribution in [3.05, 3.63) is 108 Å².